The van der Waals surface area contributed by atoms with Gasteiger partial charge in [0.05, 0.1) is 4.91 Å². The van der Waals surface area contributed by atoms with Crippen LogP contribution >= 0.6 is 24.0 Å². The molecule has 2 aromatic carbocycles. The molecule has 1 saturated heterocycles. The number of hydrogen-bond donors (Lipinski definition) is 1. The van der Waals surface area contributed by atoms with Gasteiger partial charge in [0.25, 0.3) is 5.91 Å². The molecule has 1 aromatic heterocycles. The molecule has 1 aliphatic heterocycles. The van der Waals surface area contributed by atoms with Gasteiger partial charge in [0.1, 0.15) is 9.84 Å². The topological polar surface area (TPSA) is 55.1 Å². The van der Waals surface area contributed by atoms with Crippen LogP contribution in [-0.2, 0) is 10.2 Å². The SMILES string of the molecule is Cc1nc2cc(C34CC5CC(CC(C5)C3)C4)cc(-c3cccc(/C=C4\SC(=S)NC4=O)c3)c2o1. The Hall–Kier alpha value is -2.44. The fourth-order valence-corrected chi connectivity index (χ4v) is 8.54. The van der Waals surface area contributed by atoms with Crippen molar-refractivity contribution in [2.75, 3.05) is 0 Å². The average molecular weight is 487 g/mol. The molecular weight excluding hydrogens is 460 g/mol. The maximum absolute atomic E-state index is 12.2. The summed E-state index contributed by atoms with van der Waals surface area (Å²) in [5, 5.41) is 2.69. The second-order valence-electron chi connectivity index (χ2n) is 10.8. The van der Waals surface area contributed by atoms with E-state index in [9.17, 15) is 4.79 Å². The highest BCUT2D eigenvalue weighted by molar-refractivity contribution is 8.26. The van der Waals surface area contributed by atoms with E-state index >= 15 is 0 Å². The number of carbonyl (C=O) groups excluding carboxylic acids is 1. The van der Waals surface area contributed by atoms with E-state index in [0.717, 1.165) is 45.5 Å². The zero-order valence-electron chi connectivity index (χ0n) is 19.1. The predicted octanol–water partition coefficient (Wildman–Crippen LogP) is 6.76. The third-order valence-electron chi connectivity index (χ3n) is 8.39. The molecule has 1 N–H and O–H groups in total. The minimum Gasteiger partial charge on any atom is -0.440 e. The van der Waals surface area contributed by atoms with E-state index in [0.29, 0.717) is 20.5 Å². The van der Waals surface area contributed by atoms with Crippen molar-refractivity contribution in [1.29, 1.82) is 0 Å². The monoisotopic (exact) mass is 486 g/mol. The normalized spacial score (nSPS) is 31.1. The van der Waals surface area contributed by atoms with Gasteiger partial charge in [0.15, 0.2) is 11.5 Å². The van der Waals surface area contributed by atoms with Crippen molar-refractivity contribution in [3.05, 3.63) is 58.3 Å². The van der Waals surface area contributed by atoms with E-state index in [1.807, 2.05) is 25.1 Å². The zero-order valence-corrected chi connectivity index (χ0v) is 20.7. The van der Waals surface area contributed by atoms with Crippen molar-refractivity contribution in [1.82, 2.24) is 10.3 Å². The number of carbonyl (C=O) groups is 1. The Bertz CT molecular complexity index is 1370. The number of fused-ring (bicyclic) bond motifs is 1. The molecule has 0 unspecified atom stereocenters. The number of amides is 1. The third kappa shape index (κ3) is 3.37. The second-order valence-corrected chi connectivity index (χ2v) is 12.5. The van der Waals surface area contributed by atoms with Gasteiger partial charge in [-0.25, -0.2) is 4.98 Å². The van der Waals surface area contributed by atoms with Crippen LogP contribution in [-0.4, -0.2) is 15.2 Å². The van der Waals surface area contributed by atoms with Crippen LogP contribution in [0.5, 0.6) is 0 Å². The summed E-state index contributed by atoms with van der Waals surface area (Å²) in [5.74, 6) is 3.24. The standard InChI is InChI=1S/C28H26N2O2S2/c1-15-29-23-11-21(28-12-17-5-18(13-28)7-19(6-17)14-28)10-22(25(23)32-15)20-4-2-3-16(8-20)9-24-26(31)30-27(33)34-24/h2-4,8-11,17-19H,5-7,12-14H2,1H3,(H,30,31,33)/b24-9-. The molecule has 5 fully saturated rings. The molecular formula is C28H26N2O2S2. The lowest BCUT2D eigenvalue weighted by Crippen LogP contribution is -2.48. The largest absolute Gasteiger partial charge is 0.440 e. The van der Waals surface area contributed by atoms with E-state index in [1.165, 1.54) is 55.9 Å². The van der Waals surface area contributed by atoms with Gasteiger partial charge in [0, 0.05) is 12.5 Å². The number of thioether (sulfide) groups is 1. The smallest absolute Gasteiger partial charge is 0.263 e. The first-order valence-corrected chi connectivity index (χ1v) is 13.4. The molecule has 5 aliphatic rings. The van der Waals surface area contributed by atoms with E-state index in [2.05, 4.69) is 29.6 Å². The molecule has 4 bridgehead atoms. The number of nitrogens with one attached hydrogen (secondary N) is 1. The zero-order chi connectivity index (χ0) is 23.0. The number of nitrogens with zero attached hydrogens (tertiary/aromatic N) is 1. The Labute approximate surface area is 208 Å². The average Bonchev–Trinajstić information content (AvgIpc) is 3.32. The second kappa shape index (κ2) is 7.53. The maximum Gasteiger partial charge on any atom is 0.263 e. The predicted molar refractivity (Wildman–Crippen MR) is 140 cm³/mol. The van der Waals surface area contributed by atoms with Crippen LogP contribution < -0.4 is 5.32 Å². The molecule has 34 heavy (non-hydrogen) atoms. The third-order valence-corrected chi connectivity index (χ3v) is 9.55. The Morgan fingerprint density at radius 2 is 1.85 bits per heavy atom. The molecule has 8 rings (SSSR count). The molecule has 4 aliphatic carbocycles. The molecule has 0 spiro atoms. The number of benzene rings is 2. The van der Waals surface area contributed by atoms with E-state index in [1.54, 1.807) is 0 Å². The van der Waals surface area contributed by atoms with Crippen molar-refractivity contribution in [3.8, 4) is 11.1 Å². The number of thiocarbonyl (C=S) groups is 1. The van der Waals surface area contributed by atoms with Gasteiger partial charge in [-0.1, -0.05) is 42.2 Å². The van der Waals surface area contributed by atoms with Crippen molar-refractivity contribution in [2.45, 2.75) is 50.9 Å². The van der Waals surface area contributed by atoms with Crippen LogP contribution in [0.25, 0.3) is 28.3 Å². The first-order chi connectivity index (χ1) is 16.4. The number of aromatic nitrogens is 1. The summed E-state index contributed by atoms with van der Waals surface area (Å²) in [6.07, 6.45) is 10.2. The van der Waals surface area contributed by atoms with Crippen molar-refractivity contribution in [2.24, 2.45) is 17.8 Å². The van der Waals surface area contributed by atoms with Gasteiger partial charge in [-0.3, -0.25) is 4.79 Å². The Balaban J connectivity index is 1.35. The molecule has 6 heteroatoms. The van der Waals surface area contributed by atoms with Crippen molar-refractivity contribution < 1.29 is 9.21 Å². The highest BCUT2D eigenvalue weighted by Crippen LogP contribution is 2.61. The van der Waals surface area contributed by atoms with Crippen LogP contribution in [0.4, 0.5) is 0 Å². The lowest BCUT2D eigenvalue weighted by Gasteiger charge is -2.57. The number of aryl methyl sites for hydroxylation is 1. The van der Waals surface area contributed by atoms with Crippen molar-refractivity contribution in [3.63, 3.8) is 0 Å². The van der Waals surface area contributed by atoms with Crippen LogP contribution in [0.1, 0.15) is 55.5 Å². The Morgan fingerprint density at radius 3 is 2.53 bits per heavy atom. The van der Waals surface area contributed by atoms with Crippen LogP contribution in [0.3, 0.4) is 0 Å². The Morgan fingerprint density at radius 1 is 1.12 bits per heavy atom. The summed E-state index contributed by atoms with van der Waals surface area (Å²) in [7, 11) is 0. The van der Waals surface area contributed by atoms with E-state index < -0.39 is 0 Å². The highest BCUT2D eigenvalue weighted by Gasteiger charge is 2.51. The number of oxazole rings is 1. The number of rotatable bonds is 3. The molecule has 172 valence electrons. The minimum atomic E-state index is -0.127. The molecule has 4 nitrogen and oxygen atoms in total. The van der Waals surface area contributed by atoms with Gasteiger partial charge in [0.2, 0.25) is 0 Å². The number of hydrogen-bond acceptors (Lipinski definition) is 5. The quantitative estimate of drug-likeness (QED) is 0.327. The van der Waals surface area contributed by atoms with Crippen molar-refractivity contribution >= 4 is 51.4 Å². The van der Waals surface area contributed by atoms with Crippen LogP contribution in [0.2, 0.25) is 0 Å². The minimum absolute atomic E-state index is 0.127. The molecule has 3 aromatic rings. The maximum atomic E-state index is 12.2. The van der Waals surface area contributed by atoms with Gasteiger partial charge < -0.3 is 9.73 Å². The fourth-order valence-electron chi connectivity index (χ4n) is 7.50. The van der Waals surface area contributed by atoms with Crippen LogP contribution in [0, 0.1) is 24.7 Å². The summed E-state index contributed by atoms with van der Waals surface area (Å²) in [4.78, 5) is 17.6. The molecule has 0 atom stereocenters. The summed E-state index contributed by atoms with van der Waals surface area (Å²) in [6, 6.07) is 13.0. The van der Waals surface area contributed by atoms with Gasteiger partial charge in [-0.15, -0.1) is 0 Å². The summed E-state index contributed by atoms with van der Waals surface area (Å²) < 4.78 is 6.63. The molecule has 4 saturated carbocycles. The van der Waals surface area contributed by atoms with E-state index in [-0.39, 0.29) is 5.91 Å². The summed E-state index contributed by atoms with van der Waals surface area (Å²) in [5.41, 5.74) is 6.71. The van der Waals surface area contributed by atoms with E-state index in [4.69, 9.17) is 21.6 Å². The van der Waals surface area contributed by atoms with Gasteiger partial charge in [-0.05, 0) is 103 Å². The van der Waals surface area contributed by atoms with Gasteiger partial charge >= 0.3 is 0 Å². The first kappa shape index (κ1) is 20.9. The molecule has 0 radical (unpaired) electrons. The fraction of sp³-hybridized carbons (Fsp3) is 0.393. The molecule has 1 amide bonds. The molecule has 2 heterocycles. The first-order valence-electron chi connectivity index (χ1n) is 12.2. The lowest BCUT2D eigenvalue weighted by molar-refractivity contribution is -0.115. The highest BCUT2D eigenvalue weighted by atomic mass is 32.2. The summed E-state index contributed by atoms with van der Waals surface area (Å²) >= 11 is 6.45. The van der Waals surface area contributed by atoms with Crippen LogP contribution in [0.15, 0.2) is 45.7 Å². The van der Waals surface area contributed by atoms with Gasteiger partial charge in [-0.2, -0.15) is 0 Å². The lowest BCUT2D eigenvalue weighted by atomic mass is 9.48. The summed E-state index contributed by atoms with van der Waals surface area (Å²) in [6.45, 7) is 1.92. The Kier molecular flexibility index (Phi) is 4.63.